The summed E-state index contributed by atoms with van der Waals surface area (Å²) in [7, 11) is -3.86. The SMILES string of the molecule is CCCOc1ccc(OCCOC(=O)c2cc(S(=O)(=O)N3CCOCC3)ccc2F)cc1. The molecule has 1 heterocycles. The molecule has 3 rings (SSSR count). The Labute approximate surface area is 186 Å². The van der Waals surface area contributed by atoms with Gasteiger partial charge < -0.3 is 18.9 Å². The Bertz CT molecular complexity index is 1010. The van der Waals surface area contributed by atoms with Crippen molar-refractivity contribution < 1.29 is 36.6 Å². The number of carbonyl (C=O) groups is 1. The predicted octanol–water partition coefficient (Wildman–Crippen LogP) is 2.87. The molecule has 10 heteroatoms. The van der Waals surface area contributed by atoms with E-state index < -0.39 is 27.4 Å². The highest BCUT2D eigenvalue weighted by Gasteiger charge is 2.28. The molecule has 0 aliphatic carbocycles. The van der Waals surface area contributed by atoms with E-state index in [9.17, 15) is 17.6 Å². The van der Waals surface area contributed by atoms with Crippen molar-refractivity contribution in [2.45, 2.75) is 18.2 Å². The molecule has 0 spiro atoms. The van der Waals surface area contributed by atoms with E-state index in [2.05, 4.69) is 0 Å². The standard InChI is InChI=1S/C22H26FNO7S/c1-2-11-29-17-3-5-18(6-4-17)30-14-15-31-22(25)20-16-19(7-8-21(20)23)32(26,27)24-9-12-28-13-10-24/h3-8,16H,2,9-15H2,1H3. The van der Waals surface area contributed by atoms with Crippen LogP contribution in [0, 0.1) is 5.82 Å². The van der Waals surface area contributed by atoms with Gasteiger partial charge in [0.1, 0.15) is 30.5 Å². The molecule has 1 aliphatic heterocycles. The van der Waals surface area contributed by atoms with Gasteiger partial charge in [0.15, 0.2) is 0 Å². The lowest BCUT2D eigenvalue weighted by atomic mass is 10.2. The molecule has 0 saturated carbocycles. The molecule has 8 nitrogen and oxygen atoms in total. The number of ether oxygens (including phenoxy) is 4. The van der Waals surface area contributed by atoms with Crippen molar-refractivity contribution in [1.82, 2.24) is 4.31 Å². The smallest absolute Gasteiger partial charge is 0.341 e. The number of hydrogen-bond acceptors (Lipinski definition) is 7. The Hall–Kier alpha value is -2.69. The van der Waals surface area contributed by atoms with Crippen LogP contribution in [0.2, 0.25) is 0 Å². The minimum atomic E-state index is -3.86. The molecule has 0 amide bonds. The second-order valence-corrected chi connectivity index (χ2v) is 8.90. The van der Waals surface area contributed by atoms with E-state index >= 15 is 0 Å². The number of esters is 1. The lowest BCUT2D eigenvalue weighted by molar-refractivity contribution is 0.0445. The maximum Gasteiger partial charge on any atom is 0.341 e. The topological polar surface area (TPSA) is 91.4 Å². The average molecular weight is 468 g/mol. The number of sulfonamides is 1. The number of hydrogen-bond donors (Lipinski definition) is 0. The summed E-state index contributed by atoms with van der Waals surface area (Å²) in [4.78, 5) is 12.1. The Morgan fingerprint density at radius 2 is 1.62 bits per heavy atom. The van der Waals surface area contributed by atoms with Gasteiger partial charge in [-0.3, -0.25) is 0 Å². The molecule has 0 aromatic heterocycles. The van der Waals surface area contributed by atoms with Crippen LogP contribution in [0.4, 0.5) is 4.39 Å². The van der Waals surface area contributed by atoms with Crippen LogP contribution in [0.15, 0.2) is 47.4 Å². The Morgan fingerprint density at radius 1 is 1.00 bits per heavy atom. The normalized spacial score (nSPS) is 14.7. The van der Waals surface area contributed by atoms with Crippen molar-refractivity contribution in [3.8, 4) is 11.5 Å². The van der Waals surface area contributed by atoms with E-state index in [4.69, 9.17) is 18.9 Å². The molecule has 1 aliphatic rings. The number of benzene rings is 2. The molecule has 32 heavy (non-hydrogen) atoms. The first-order chi connectivity index (χ1) is 15.4. The van der Waals surface area contributed by atoms with Crippen molar-refractivity contribution in [3.63, 3.8) is 0 Å². The first-order valence-electron chi connectivity index (χ1n) is 10.3. The van der Waals surface area contributed by atoms with Crippen molar-refractivity contribution in [2.24, 2.45) is 0 Å². The quantitative estimate of drug-likeness (QED) is 0.392. The molecule has 174 valence electrons. The summed E-state index contributed by atoms with van der Waals surface area (Å²) in [5.41, 5.74) is -0.447. The maximum absolute atomic E-state index is 14.2. The molecule has 2 aromatic carbocycles. The first-order valence-corrected chi connectivity index (χ1v) is 11.8. The van der Waals surface area contributed by atoms with Crippen molar-refractivity contribution in [2.75, 3.05) is 46.1 Å². The van der Waals surface area contributed by atoms with Crippen molar-refractivity contribution in [3.05, 3.63) is 53.8 Å². The highest BCUT2D eigenvalue weighted by atomic mass is 32.2. The largest absolute Gasteiger partial charge is 0.494 e. The molecule has 0 bridgehead atoms. The Balaban J connectivity index is 1.55. The fraction of sp³-hybridized carbons (Fsp3) is 0.409. The summed E-state index contributed by atoms with van der Waals surface area (Å²) in [6, 6.07) is 10.1. The van der Waals surface area contributed by atoms with E-state index in [1.54, 1.807) is 24.3 Å². The number of rotatable bonds is 10. The van der Waals surface area contributed by atoms with Crippen molar-refractivity contribution >= 4 is 16.0 Å². The van der Waals surface area contributed by atoms with Gasteiger partial charge in [-0.25, -0.2) is 17.6 Å². The molecular formula is C22H26FNO7S. The van der Waals surface area contributed by atoms with Gasteiger partial charge in [0.05, 0.1) is 30.3 Å². The lowest BCUT2D eigenvalue weighted by Gasteiger charge is -2.26. The summed E-state index contributed by atoms with van der Waals surface area (Å²) < 4.78 is 62.1. The van der Waals surface area contributed by atoms with E-state index in [0.29, 0.717) is 12.4 Å². The zero-order valence-electron chi connectivity index (χ0n) is 17.8. The fourth-order valence-electron chi connectivity index (χ4n) is 2.98. The summed E-state index contributed by atoms with van der Waals surface area (Å²) in [5, 5.41) is 0. The third-order valence-corrected chi connectivity index (χ3v) is 6.54. The number of nitrogens with zero attached hydrogens (tertiary/aromatic N) is 1. The van der Waals surface area contributed by atoms with Gasteiger partial charge in [-0.1, -0.05) is 6.92 Å². The molecule has 0 unspecified atom stereocenters. The molecule has 0 N–H and O–H groups in total. The van der Waals surface area contributed by atoms with E-state index in [-0.39, 0.29) is 44.4 Å². The van der Waals surface area contributed by atoms with Crippen LogP contribution in [0.25, 0.3) is 0 Å². The minimum Gasteiger partial charge on any atom is -0.494 e. The molecule has 0 radical (unpaired) electrons. The van der Waals surface area contributed by atoms with Gasteiger partial charge in [-0.05, 0) is 48.9 Å². The van der Waals surface area contributed by atoms with E-state index in [1.807, 2.05) is 6.92 Å². The molecule has 0 atom stereocenters. The van der Waals surface area contributed by atoms with Gasteiger partial charge in [0.25, 0.3) is 0 Å². The minimum absolute atomic E-state index is 0.0499. The zero-order chi connectivity index (χ0) is 23.0. The number of halogens is 1. The third kappa shape index (κ3) is 6.18. The van der Waals surface area contributed by atoms with Gasteiger partial charge in [0, 0.05) is 13.1 Å². The molecule has 1 fully saturated rings. The van der Waals surface area contributed by atoms with Gasteiger partial charge in [-0.2, -0.15) is 4.31 Å². The van der Waals surface area contributed by atoms with Crippen LogP contribution < -0.4 is 9.47 Å². The first kappa shape index (κ1) is 24.0. The fourth-order valence-corrected chi connectivity index (χ4v) is 4.42. The van der Waals surface area contributed by atoms with E-state index in [1.165, 1.54) is 4.31 Å². The van der Waals surface area contributed by atoms with Gasteiger partial charge in [0.2, 0.25) is 10.0 Å². The Kier molecular flexibility index (Phi) is 8.43. The molecule has 1 saturated heterocycles. The third-order valence-electron chi connectivity index (χ3n) is 4.65. The van der Waals surface area contributed by atoms with Crippen LogP contribution in [0.1, 0.15) is 23.7 Å². The second-order valence-electron chi connectivity index (χ2n) is 6.96. The van der Waals surface area contributed by atoms with Crippen LogP contribution in [0.5, 0.6) is 11.5 Å². The summed E-state index contributed by atoms with van der Waals surface area (Å²) in [5.74, 6) is -0.532. The van der Waals surface area contributed by atoms with Crippen molar-refractivity contribution in [1.29, 1.82) is 0 Å². The van der Waals surface area contributed by atoms with Crippen LogP contribution >= 0.6 is 0 Å². The van der Waals surface area contributed by atoms with Crippen LogP contribution in [-0.4, -0.2) is 64.8 Å². The zero-order valence-corrected chi connectivity index (χ0v) is 18.6. The number of morpholine rings is 1. The second kappa shape index (κ2) is 11.3. The highest BCUT2D eigenvalue weighted by molar-refractivity contribution is 7.89. The number of carbonyl (C=O) groups excluding carboxylic acids is 1. The van der Waals surface area contributed by atoms with Crippen LogP contribution in [0.3, 0.4) is 0 Å². The predicted molar refractivity (Wildman–Crippen MR) is 114 cm³/mol. The van der Waals surface area contributed by atoms with Gasteiger partial charge in [-0.15, -0.1) is 0 Å². The Morgan fingerprint density at radius 3 is 2.25 bits per heavy atom. The summed E-state index contributed by atoms with van der Waals surface area (Å²) >= 11 is 0. The van der Waals surface area contributed by atoms with Gasteiger partial charge >= 0.3 is 5.97 Å². The average Bonchev–Trinajstić information content (AvgIpc) is 2.82. The molecule has 2 aromatic rings. The monoisotopic (exact) mass is 467 g/mol. The lowest BCUT2D eigenvalue weighted by Crippen LogP contribution is -2.40. The maximum atomic E-state index is 14.2. The van der Waals surface area contributed by atoms with Crippen LogP contribution in [-0.2, 0) is 19.5 Å². The van der Waals surface area contributed by atoms with E-state index in [0.717, 1.165) is 30.4 Å². The summed E-state index contributed by atoms with van der Waals surface area (Å²) in [6.45, 7) is 3.52. The molecular weight excluding hydrogens is 441 g/mol. The summed E-state index contributed by atoms with van der Waals surface area (Å²) in [6.07, 6.45) is 0.909. The highest BCUT2D eigenvalue weighted by Crippen LogP contribution is 2.21.